The Kier molecular flexibility index (Phi) is 5.16. The van der Waals surface area contributed by atoms with E-state index in [1.165, 1.54) is 76.5 Å². The molecule has 0 aliphatic heterocycles. The Bertz CT molecular complexity index is 2010. The van der Waals surface area contributed by atoms with Gasteiger partial charge in [0.1, 0.15) is 10.0 Å². The number of hydrogen-bond acceptors (Lipinski definition) is 4. The van der Waals surface area contributed by atoms with Gasteiger partial charge < -0.3 is 0 Å². The van der Waals surface area contributed by atoms with Gasteiger partial charge in [0.05, 0.1) is 0 Å². The summed E-state index contributed by atoms with van der Waals surface area (Å²) < 4.78 is 0. The number of hydrogen-bond donors (Lipinski definition) is 0. The third-order valence-corrected chi connectivity index (χ3v) is 10.3. The van der Waals surface area contributed by atoms with Crippen molar-refractivity contribution in [1.82, 2.24) is 9.97 Å². The highest BCUT2D eigenvalue weighted by Gasteiger charge is 2.21. The van der Waals surface area contributed by atoms with Gasteiger partial charge in [0, 0.05) is 11.1 Å². The lowest BCUT2D eigenvalue weighted by Gasteiger charge is -2.14. The smallest absolute Gasteiger partial charge is 0.155 e. The number of fused-ring (bicyclic) bond motifs is 5. The van der Waals surface area contributed by atoms with Gasteiger partial charge in [-0.2, -0.15) is 0 Å². The van der Waals surface area contributed by atoms with Crippen LogP contribution in [0.15, 0.2) is 84.9 Å². The molecule has 40 heavy (non-hydrogen) atoms. The lowest BCUT2D eigenvalue weighted by molar-refractivity contribution is 1.47. The molecule has 0 saturated heterocycles. The molecule has 4 heteroatoms. The number of nitrogens with zero attached hydrogens (tertiary/aromatic N) is 2. The van der Waals surface area contributed by atoms with E-state index >= 15 is 0 Å². The van der Waals surface area contributed by atoms with Crippen molar-refractivity contribution in [3.63, 3.8) is 0 Å². The second-order valence-corrected chi connectivity index (χ2v) is 12.8. The summed E-state index contributed by atoms with van der Waals surface area (Å²) in [5, 5.41) is 12.3. The minimum absolute atomic E-state index is 1.01. The van der Waals surface area contributed by atoms with Crippen molar-refractivity contribution < 1.29 is 0 Å². The molecule has 0 radical (unpaired) electrons. The van der Waals surface area contributed by atoms with Crippen molar-refractivity contribution in [2.24, 2.45) is 0 Å². The average molecular weight is 551 g/mol. The van der Waals surface area contributed by atoms with Gasteiger partial charge in [0.15, 0.2) is 9.66 Å². The summed E-state index contributed by atoms with van der Waals surface area (Å²) >= 11 is 3.44. The van der Waals surface area contributed by atoms with Crippen LogP contribution in [-0.2, 0) is 0 Å². The predicted octanol–water partition coefficient (Wildman–Crippen LogP) is 10.9. The quantitative estimate of drug-likeness (QED) is 0.200. The third kappa shape index (κ3) is 3.39. The van der Waals surface area contributed by atoms with Crippen molar-refractivity contribution in [2.75, 3.05) is 0 Å². The highest BCUT2D eigenvalue weighted by atomic mass is 32.1. The lowest BCUT2D eigenvalue weighted by atomic mass is 9.92. The monoisotopic (exact) mass is 550 g/mol. The first kappa shape index (κ1) is 23.7. The van der Waals surface area contributed by atoms with E-state index in [1.807, 2.05) is 0 Å². The van der Waals surface area contributed by atoms with E-state index in [1.54, 1.807) is 22.7 Å². The fraction of sp³-hybridized carbons (Fsp3) is 0.111. The highest BCUT2D eigenvalue weighted by Crippen LogP contribution is 2.46. The number of thiazole rings is 2. The van der Waals surface area contributed by atoms with E-state index < -0.39 is 0 Å². The molecule has 0 aliphatic rings. The van der Waals surface area contributed by atoms with Crippen LogP contribution in [0.2, 0.25) is 0 Å². The minimum Gasteiger partial charge on any atom is -0.223 e. The molecule has 0 N–H and O–H groups in total. The molecule has 0 saturated carbocycles. The predicted molar refractivity (Wildman–Crippen MR) is 175 cm³/mol. The molecule has 8 aromatic rings. The summed E-state index contributed by atoms with van der Waals surface area (Å²) in [5.41, 5.74) is 7.58. The van der Waals surface area contributed by atoms with Crippen LogP contribution in [-0.4, -0.2) is 9.97 Å². The van der Waals surface area contributed by atoms with Crippen molar-refractivity contribution in [3.8, 4) is 21.1 Å². The van der Waals surface area contributed by atoms with E-state index in [0.29, 0.717) is 0 Å². The van der Waals surface area contributed by atoms with E-state index in [9.17, 15) is 0 Å². The Morgan fingerprint density at radius 3 is 1.02 bits per heavy atom. The van der Waals surface area contributed by atoms with Crippen molar-refractivity contribution in [3.05, 3.63) is 107 Å². The summed E-state index contributed by atoms with van der Waals surface area (Å²) in [6, 6.07) is 30.9. The largest absolute Gasteiger partial charge is 0.223 e. The van der Waals surface area contributed by atoms with Gasteiger partial charge in [-0.1, -0.05) is 95.5 Å². The maximum atomic E-state index is 5.29. The molecule has 0 spiro atoms. The number of benzene rings is 6. The van der Waals surface area contributed by atoms with Crippen LogP contribution in [0.25, 0.3) is 73.9 Å². The van der Waals surface area contributed by atoms with Crippen LogP contribution >= 0.6 is 22.7 Å². The van der Waals surface area contributed by atoms with Gasteiger partial charge in [-0.05, 0) is 105 Å². The Morgan fingerprint density at radius 2 is 0.725 bits per heavy atom. The van der Waals surface area contributed by atoms with E-state index in [0.717, 1.165) is 19.7 Å². The van der Waals surface area contributed by atoms with E-state index in [-0.39, 0.29) is 0 Å². The van der Waals surface area contributed by atoms with Gasteiger partial charge in [0.2, 0.25) is 0 Å². The van der Waals surface area contributed by atoms with Crippen LogP contribution in [0.4, 0.5) is 0 Å². The highest BCUT2D eigenvalue weighted by molar-refractivity contribution is 7.29. The van der Waals surface area contributed by atoms with Gasteiger partial charge in [-0.25, -0.2) is 9.97 Å². The number of aromatic nitrogens is 2. The minimum atomic E-state index is 1.01. The van der Waals surface area contributed by atoms with Crippen molar-refractivity contribution >= 4 is 75.4 Å². The molecule has 2 nitrogen and oxygen atoms in total. The second kappa shape index (κ2) is 8.69. The standard InChI is InChI=1S/C36H26N2S2/c1-19-9-5-13-23-17-24-14-6-10-20(2)28(24)31(27(19)23)33-37-35-36(39-33)38-34(40-35)32-29-21(3)11-7-15-25(29)18-26-16-8-12-22(4)30(26)32/h5-18H,1-4H3. The molecule has 6 aromatic carbocycles. The van der Waals surface area contributed by atoms with Crippen LogP contribution < -0.4 is 0 Å². The van der Waals surface area contributed by atoms with Gasteiger partial charge >= 0.3 is 0 Å². The maximum absolute atomic E-state index is 5.29. The van der Waals surface area contributed by atoms with Crippen LogP contribution in [0.1, 0.15) is 22.3 Å². The summed E-state index contributed by atoms with van der Waals surface area (Å²) in [6.45, 7) is 8.83. The van der Waals surface area contributed by atoms with Gasteiger partial charge in [-0.15, -0.1) is 0 Å². The van der Waals surface area contributed by atoms with Crippen LogP contribution in [0, 0.1) is 27.7 Å². The first-order valence-electron chi connectivity index (χ1n) is 13.6. The zero-order valence-electron chi connectivity index (χ0n) is 22.8. The molecule has 2 aromatic heterocycles. The first-order chi connectivity index (χ1) is 19.5. The summed E-state index contributed by atoms with van der Waals surface area (Å²) in [4.78, 5) is 12.6. The number of aryl methyl sites for hydroxylation is 4. The molecule has 192 valence electrons. The first-order valence-corrected chi connectivity index (χ1v) is 15.2. The average Bonchev–Trinajstić information content (AvgIpc) is 3.51. The molecule has 0 fully saturated rings. The van der Waals surface area contributed by atoms with Crippen LogP contribution in [0.5, 0.6) is 0 Å². The molecule has 0 unspecified atom stereocenters. The summed E-state index contributed by atoms with van der Waals surface area (Å²) in [7, 11) is 0. The summed E-state index contributed by atoms with van der Waals surface area (Å²) in [5.74, 6) is 0. The number of rotatable bonds is 2. The lowest BCUT2D eigenvalue weighted by Crippen LogP contribution is -1.90. The second-order valence-electron chi connectivity index (χ2n) is 10.8. The molecule has 8 rings (SSSR count). The summed E-state index contributed by atoms with van der Waals surface area (Å²) in [6.07, 6.45) is 0. The maximum Gasteiger partial charge on any atom is 0.155 e. The SMILES string of the molecule is Cc1cccc2cc3cccc(C)c3c(-c3nc4sc(-c5c6c(C)cccc6cc6cccc(C)c56)nc4s3)c12. The molecular weight excluding hydrogens is 525 g/mol. The molecule has 0 aliphatic carbocycles. The zero-order valence-corrected chi connectivity index (χ0v) is 24.4. The molecule has 0 bridgehead atoms. The van der Waals surface area contributed by atoms with Gasteiger partial charge in [-0.3, -0.25) is 0 Å². The Hall–Kier alpha value is -4.12. The molecule has 0 atom stereocenters. The third-order valence-electron chi connectivity index (χ3n) is 8.25. The normalized spacial score (nSPS) is 12.0. The molecule has 2 heterocycles. The van der Waals surface area contributed by atoms with Crippen molar-refractivity contribution in [2.45, 2.75) is 27.7 Å². The van der Waals surface area contributed by atoms with Crippen LogP contribution in [0.3, 0.4) is 0 Å². The Labute approximate surface area is 240 Å². The van der Waals surface area contributed by atoms with E-state index in [2.05, 4.69) is 113 Å². The van der Waals surface area contributed by atoms with E-state index in [4.69, 9.17) is 9.97 Å². The Balaban J connectivity index is 1.42. The zero-order chi connectivity index (χ0) is 27.1. The molecule has 0 amide bonds. The van der Waals surface area contributed by atoms with Gasteiger partial charge in [0.25, 0.3) is 0 Å². The Morgan fingerprint density at radius 1 is 0.425 bits per heavy atom. The fourth-order valence-corrected chi connectivity index (χ4v) is 8.64. The van der Waals surface area contributed by atoms with Crippen molar-refractivity contribution in [1.29, 1.82) is 0 Å². The molecular formula is C36H26N2S2. The topological polar surface area (TPSA) is 25.8 Å². The fourth-order valence-electron chi connectivity index (χ4n) is 6.48.